The molecule has 0 aliphatic carbocycles. The lowest BCUT2D eigenvalue weighted by molar-refractivity contribution is -0.115. The predicted octanol–water partition coefficient (Wildman–Crippen LogP) is 7.37. The Kier molecular flexibility index (Phi) is 8.73. The molecule has 0 aliphatic heterocycles. The van der Waals surface area contributed by atoms with E-state index in [-0.39, 0.29) is 21.0 Å². The van der Waals surface area contributed by atoms with Crippen molar-refractivity contribution in [1.29, 1.82) is 0 Å². The maximum absolute atomic E-state index is 12.9. The molecule has 1 unspecified atom stereocenters. The third-order valence-corrected chi connectivity index (χ3v) is 7.42. The number of thioether (sulfide) groups is 1. The molecule has 0 aliphatic rings. The van der Waals surface area contributed by atoms with Crippen LogP contribution >= 0.6 is 58.2 Å². The average molecular weight is 558 g/mol. The Bertz CT molecular complexity index is 1270. The third kappa shape index (κ3) is 5.98. The molecule has 0 saturated carbocycles. The summed E-state index contributed by atoms with van der Waals surface area (Å²) in [5, 5.41) is 13.3. The van der Waals surface area contributed by atoms with Gasteiger partial charge in [-0.05, 0) is 37.3 Å². The number of benzene rings is 3. The van der Waals surface area contributed by atoms with Crippen LogP contribution in [0.25, 0.3) is 0 Å². The minimum Gasteiger partial charge on any atom is -0.478 e. The van der Waals surface area contributed by atoms with Crippen molar-refractivity contribution >= 4 is 87.3 Å². The van der Waals surface area contributed by atoms with Crippen molar-refractivity contribution in [1.82, 2.24) is 0 Å². The zero-order chi connectivity index (χ0) is 25.0. The van der Waals surface area contributed by atoms with E-state index in [1.165, 1.54) is 11.8 Å². The van der Waals surface area contributed by atoms with Gasteiger partial charge in [-0.2, -0.15) is 0 Å². The first kappa shape index (κ1) is 26.2. The molecule has 0 saturated heterocycles. The zero-order valence-electron chi connectivity index (χ0n) is 17.4. The lowest BCUT2D eigenvalue weighted by Crippen LogP contribution is -2.22. The van der Waals surface area contributed by atoms with E-state index < -0.39 is 33.3 Å². The van der Waals surface area contributed by atoms with Gasteiger partial charge in [0, 0.05) is 16.3 Å². The monoisotopic (exact) mass is 556 g/mol. The molecule has 6 nitrogen and oxygen atoms in total. The molecule has 1 atom stereocenters. The smallest absolute Gasteiger partial charge is 0.338 e. The van der Waals surface area contributed by atoms with Gasteiger partial charge < -0.3 is 15.7 Å². The molecule has 0 bridgehead atoms. The molecule has 176 valence electrons. The minimum atomic E-state index is -1.49. The van der Waals surface area contributed by atoms with Crippen LogP contribution in [0.3, 0.4) is 0 Å². The van der Waals surface area contributed by atoms with E-state index >= 15 is 0 Å². The second-order valence-corrected chi connectivity index (χ2v) is 9.83. The highest BCUT2D eigenvalue weighted by molar-refractivity contribution is 8.00. The quantitative estimate of drug-likeness (QED) is 0.160. The van der Waals surface area contributed by atoms with Crippen molar-refractivity contribution in [2.24, 2.45) is 0 Å². The van der Waals surface area contributed by atoms with Crippen molar-refractivity contribution in [2.45, 2.75) is 17.1 Å². The third-order valence-electron chi connectivity index (χ3n) is 4.52. The number of carboxylic acid groups (broad SMARTS) is 1. The summed E-state index contributed by atoms with van der Waals surface area (Å²) in [5.74, 6) is -2.51. The number of carboxylic acids is 1. The molecule has 0 aromatic heterocycles. The highest BCUT2D eigenvalue weighted by Crippen LogP contribution is 2.42. The second-order valence-electron chi connectivity index (χ2n) is 6.91. The Morgan fingerprint density at radius 1 is 0.794 bits per heavy atom. The number of hydrogen-bond donors (Lipinski definition) is 3. The number of hydrogen-bond acceptors (Lipinski definition) is 4. The number of aromatic carboxylic acids is 1. The number of halogens is 4. The normalized spacial score (nSPS) is 11.6. The molecule has 3 N–H and O–H groups in total. The summed E-state index contributed by atoms with van der Waals surface area (Å²) in [5.41, 5.74) is 0.0603. The number of anilines is 2. The van der Waals surface area contributed by atoms with Crippen LogP contribution in [0.1, 0.15) is 27.6 Å². The summed E-state index contributed by atoms with van der Waals surface area (Å²) in [7, 11) is 0. The number of amides is 2. The molecule has 3 rings (SSSR count). The van der Waals surface area contributed by atoms with E-state index in [1.807, 2.05) is 18.2 Å². The highest BCUT2D eigenvalue weighted by Gasteiger charge is 2.29. The Morgan fingerprint density at radius 3 is 2.00 bits per heavy atom. The molecule has 3 aromatic rings. The molecule has 0 spiro atoms. The fourth-order valence-corrected chi connectivity index (χ4v) is 4.86. The first-order valence-corrected chi connectivity index (χ1v) is 12.0. The van der Waals surface area contributed by atoms with Gasteiger partial charge in [-0.3, -0.25) is 9.59 Å². The first-order valence-electron chi connectivity index (χ1n) is 9.63. The van der Waals surface area contributed by atoms with Gasteiger partial charge >= 0.3 is 5.97 Å². The molecular formula is C23H16Cl4N2O4S. The number of para-hydroxylation sites is 1. The van der Waals surface area contributed by atoms with Crippen molar-refractivity contribution in [3.8, 4) is 0 Å². The van der Waals surface area contributed by atoms with E-state index in [9.17, 15) is 19.5 Å². The van der Waals surface area contributed by atoms with Gasteiger partial charge in [0.25, 0.3) is 5.91 Å². The Labute approximate surface area is 219 Å². The molecular weight excluding hydrogens is 542 g/mol. The predicted molar refractivity (Wildman–Crippen MR) is 138 cm³/mol. The summed E-state index contributed by atoms with van der Waals surface area (Å²) in [4.78, 5) is 37.8. The van der Waals surface area contributed by atoms with E-state index in [2.05, 4.69) is 10.6 Å². The van der Waals surface area contributed by atoms with Crippen molar-refractivity contribution in [2.75, 3.05) is 10.6 Å². The lowest BCUT2D eigenvalue weighted by atomic mass is 10.1. The van der Waals surface area contributed by atoms with Gasteiger partial charge in [0.1, 0.15) is 0 Å². The van der Waals surface area contributed by atoms with Gasteiger partial charge in [-0.25, -0.2) is 4.79 Å². The van der Waals surface area contributed by atoms with E-state index in [1.54, 1.807) is 43.3 Å². The molecule has 11 heteroatoms. The van der Waals surface area contributed by atoms with Crippen LogP contribution < -0.4 is 10.6 Å². The SMILES string of the molecule is CC(Sc1cccc(NC(=O)c2c(Cl)c(Cl)c(Cl)c(Cl)c2C(=O)O)c1)C(=O)Nc1ccccc1. The maximum Gasteiger partial charge on any atom is 0.338 e. The number of nitrogens with one attached hydrogen (secondary N) is 2. The van der Waals surface area contributed by atoms with Crippen molar-refractivity contribution in [3.63, 3.8) is 0 Å². The largest absolute Gasteiger partial charge is 0.478 e. The second kappa shape index (κ2) is 11.3. The van der Waals surface area contributed by atoms with E-state index in [4.69, 9.17) is 46.4 Å². The summed E-state index contributed by atoms with van der Waals surface area (Å²) in [6.07, 6.45) is 0. The van der Waals surface area contributed by atoms with Crippen molar-refractivity contribution < 1.29 is 19.5 Å². The number of rotatable bonds is 7. The molecule has 0 heterocycles. The lowest BCUT2D eigenvalue weighted by Gasteiger charge is -2.15. The van der Waals surface area contributed by atoms with Crippen LogP contribution in [0, 0.1) is 0 Å². The van der Waals surface area contributed by atoms with Crippen LogP contribution in [0.2, 0.25) is 20.1 Å². The van der Waals surface area contributed by atoms with Crippen LogP contribution in [-0.4, -0.2) is 28.1 Å². The molecule has 3 aromatic carbocycles. The Morgan fingerprint density at radius 2 is 1.38 bits per heavy atom. The Balaban J connectivity index is 1.79. The van der Waals surface area contributed by atoms with Gasteiger partial charge in [0.2, 0.25) is 5.91 Å². The topological polar surface area (TPSA) is 95.5 Å². The van der Waals surface area contributed by atoms with Crippen LogP contribution in [0.15, 0.2) is 59.5 Å². The first-order chi connectivity index (χ1) is 16.1. The summed E-state index contributed by atoms with van der Waals surface area (Å²) in [6.45, 7) is 1.75. The van der Waals surface area contributed by atoms with E-state index in [0.29, 0.717) is 16.3 Å². The average Bonchev–Trinajstić information content (AvgIpc) is 2.80. The van der Waals surface area contributed by atoms with E-state index in [0.717, 1.165) is 0 Å². The summed E-state index contributed by atoms with van der Waals surface area (Å²) >= 11 is 25.4. The molecule has 0 radical (unpaired) electrons. The van der Waals surface area contributed by atoms with Gasteiger partial charge in [-0.1, -0.05) is 70.7 Å². The standard InChI is InChI=1S/C23H16Cl4N2O4S/c1-11(21(30)28-12-6-3-2-4-7-12)34-14-9-5-8-13(10-14)29-22(31)15-16(23(32)33)18(25)20(27)19(26)17(15)24/h2-11H,1H3,(H,28,30)(H,29,31)(H,32,33). The molecule has 34 heavy (non-hydrogen) atoms. The highest BCUT2D eigenvalue weighted by atomic mass is 35.5. The maximum atomic E-state index is 12.9. The molecule has 0 fully saturated rings. The van der Waals surface area contributed by atoms with Crippen LogP contribution in [-0.2, 0) is 4.79 Å². The van der Waals surface area contributed by atoms with Crippen LogP contribution in [0.4, 0.5) is 11.4 Å². The van der Waals surface area contributed by atoms with Crippen LogP contribution in [0.5, 0.6) is 0 Å². The van der Waals surface area contributed by atoms with Gasteiger partial charge in [-0.15, -0.1) is 11.8 Å². The Hall–Kier alpha value is -2.42. The van der Waals surface area contributed by atoms with Gasteiger partial charge in [0.15, 0.2) is 0 Å². The zero-order valence-corrected chi connectivity index (χ0v) is 21.2. The number of carbonyl (C=O) groups excluding carboxylic acids is 2. The minimum absolute atomic E-state index is 0.186. The summed E-state index contributed by atoms with van der Waals surface area (Å²) < 4.78 is 0. The summed E-state index contributed by atoms with van der Waals surface area (Å²) in [6, 6.07) is 15.8. The fourth-order valence-electron chi connectivity index (χ4n) is 2.91. The van der Waals surface area contributed by atoms with Crippen molar-refractivity contribution in [3.05, 3.63) is 85.8 Å². The van der Waals surface area contributed by atoms with Gasteiger partial charge in [0.05, 0.1) is 36.5 Å². The number of carbonyl (C=O) groups is 3. The fraction of sp³-hybridized carbons (Fsp3) is 0.0870. The molecule has 2 amide bonds.